The van der Waals surface area contributed by atoms with E-state index in [1.807, 2.05) is 31.2 Å². The molecule has 1 unspecified atom stereocenters. The normalized spacial score (nSPS) is 17.5. The Balaban J connectivity index is 0.00000225. The fourth-order valence-electron chi connectivity index (χ4n) is 3.15. The van der Waals surface area contributed by atoms with Crippen LogP contribution in [0.3, 0.4) is 0 Å². The van der Waals surface area contributed by atoms with Crippen molar-refractivity contribution < 1.29 is 4.73 Å². The monoisotopic (exact) mass is 379 g/mol. The number of benzene rings is 1. The third-order valence-corrected chi connectivity index (χ3v) is 4.55. The van der Waals surface area contributed by atoms with Crippen molar-refractivity contribution in [1.29, 1.82) is 0 Å². The number of hydrogen-bond donors (Lipinski definition) is 2. The van der Waals surface area contributed by atoms with Crippen LogP contribution in [-0.2, 0) is 6.42 Å². The van der Waals surface area contributed by atoms with Crippen LogP contribution in [0.5, 0.6) is 0 Å². The predicted octanol–water partition coefficient (Wildman–Crippen LogP) is 2.41. The highest BCUT2D eigenvalue weighted by Crippen LogP contribution is 2.36. The maximum absolute atomic E-state index is 12.3. The molecule has 8 heteroatoms. The van der Waals surface area contributed by atoms with Gasteiger partial charge in [-0.05, 0) is 30.5 Å². The first-order valence-electron chi connectivity index (χ1n) is 7.59. The van der Waals surface area contributed by atoms with Crippen LogP contribution < -0.4 is 16.2 Å². The van der Waals surface area contributed by atoms with Crippen LogP contribution in [0.25, 0.3) is 0 Å². The molecule has 0 saturated carbocycles. The zero-order valence-corrected chi connectivity index (χ0v) is 15.2. The van der Waals surface area contributed by atoms with E-state index in [0.29, 0.717) is 29.3 Å². The molecule has 1 heterocycles. The van der Waals surface area contributed by atoms with Crippen molar-refractivity contribution in [2.24, 2.45) is 21.7 Å². The molecule has 0 saturated heterocycles. The van der Waals surface area contributed by atoms with Gasteiger partial charge in [-0.1, -0.05) is 29.8 Å². The van der Waals surface area contributed by atoms with Crippen LogP contribution in [0.4, 0.5) is 0 Å². The molecule has 0 aliphatic heterocycles. The van der Waals surface area contributed by atoms with Crippen molar-refractivity contribution in [3.05, 3.63) is 69.1 Å². The quantitative estimate of drug-likeness (QED) is 0.275. The number of pyridine rings is 1. The van der Waals surface area contributed by atoms with Crippen LogP contribution in [0, 0.1) is 12.1 Å². The summed E-state index contributed by atoms with van der Waals surface area (Å²) in [7, 11) is 0. The molecule has 4 N–H and O–H groups in total. The highest BCUT2D eigenvalue weighted by atomic mass is 35.5. The molecule has 0 spiro atoms. The molecule has 1 aromatic carbocycles. The second-order valence-corrected chi connectivity index (χ2v) is 6.25. The second-order valence-electron chi connectivity index (χ2n) is 5.84. The molecule has 1 atom stereocenters. The average molecular weight is 380 g/mol. The Kier molecular flexibility index (Phi) is 5.87. The van der Waals surface area contributed by atoms with Crippen LogP contribution in [0.2, 0.25) is 5.02 Å². The summed E-state index contributed by atoms with van der Waals surface area (Å²) in [6.45, 7) is 1.94. The second kappa shape index (κ2) is 7.72. The number of hydrogen-bond acceptors (Lipinski definition) is 3. The maximum Gasteiger partial charge on any atom is 0.211 e. The van der Waals surface area contributed by atoms with Gasteiger partial charge in [-0.15, -0.1) is 17.5 Å². The van der Waals surface area contributed by atoms with Crippen LogP contribution in [0.1, 0.15) is 34.7 Å². The van der Waals surface area contributed by atoms with Gasteiger partial charge < -0.3 is 16.7 Å². The van der Waals surface area contributed by atoms with Gasteiger partial charge in [0.15, 0.2) is 6.20 Å². The van der Waals surface area contributed by atoms with E-state index in [0.717, 1.165) is 21.4 Å². The molecule has 0 bridgehead atoms. The largest absolute Gasteiger partial charge is 0.618 e. The first-order chi connectivity index (χ1) is 11.5. The Hall–Kier alpha value is -2.31. The maximum atomic E-state index is 12.3. The standard InChI is InChI=1S/C17H18ClN5O.ClH/c1-10-6-7-23(24)15-9-11(12-4-2-3-5-13(12)18)8-14(16(10)15)21-22-17(19)20;/h2-7,11H,8-9H2,1H3,(H4,19,20,22);1H/b21-14-;. The number of aryl methyl sites for hydroxylation is 1. The Labute approximate surface area is 157 Å². The fourth-order valence-corrected chi connectivity index (χ4v) is 3.44. The first kappa shape index (κ1) is 19.0. The molecule has 3 rings (SSSR count). The van der Waals surface area contributed by atoms with Gasteiger partial charge in [-0.25, -0.2) is 0 Å². The minimum absolute atomic E-state index is 0. The van der Waals surface area contributed by atoms with Crippen LogP contribution >= 0.6 is 24.0 Å². The summed E-state index contributed by atoms with van der Waals surface area (Å²) in [4.78, 5) is 0. The summed E-state index contributed by atoms with van der Waals surface area (Å²) in [5.74, 6) is -0.0753. The molecule has 0 radical (unpaired) electrons. The summed E-state index contributed by atoms with van der Waals surface area (Å²) in [5.41, 5.74) is 14.9. The van der Waals surface area contributed by atoms with Gasteiger partial charge in [0, 0.05) is 23.4 Å². The van der Waals surface area contributed by atoms with Crippen molar-refractivity contribution in [3.63, 3.8) is 0 Å². The van der Waals surface area contributed by atoms with E-state index in [1.165, 1.54) is 6.20 Å². The first-order valence-corrected chi connectivity index (χ1v) is 7.97. The molecule has 1 aliphatic rings. The lowest BCUT2D eigenvalue weighted by Crippen LogP contribution is -2.38. The van der Waals surface area contributed by atoms with Crippen molar-refractivity contribution in [2.45, 2.75) is 25.7 Å². The fraction of sp³-hybridized carbons (Fsp3) is 0.235. The number of aromatic nitrogens is 1. The smallest absolute Gasteiger partial charge is 0.211 e. The topological polar surface area (TPSA) is 104 Å². The zero-order valence-electron chi connectivity index (χ0n) is 13.6. The molecule has 2 aromatic rings. The molecule has 6 nitrogen and oxygen atoms in total. The van der Waals surface area contributed by atoms with Gasteiger partial charge in [0.25, 0.3) is 0 Å². The molecular weight excluding hydrogens is 361 g/mol. The Morgan fingerprint density at radius 1 is 1.24 bits per heavy atom. The van der Waals surface area contributed by atoms with E-state index in [4.69, 9.17) is 23.1 Å². The van der Waals surface area contributed by atoms with Crippen LogP contribution in [-0.4, -0.2) is 11.7 Å². The average Bonchev–Trinajstić information content (AvgIpc) is 2.56. The van der Waals surface area contributed by atoms with Gasteiger partial charge >= 0.3 is 0 Å². The van der Waals surface area contributed by atoms with Gasteiger partial charge in [0.05, 0.1) is 11.3 Å². The van der Waals surface area contributed by atoms with Crippen molar-refractivity contribution in [1.82, 2.24) is 0 Å². The lowest BCUT2D eigenvalue weighted by molar-refractivity contribution is -0.614. The van der Waals surface area contributed by atoms with Crippen molar-refractivity contribution in [2.75, 3.05) is 0 Å². The van der Waals surface area contributed by atoms with E-state index >= 15 is 0 Å². The molecule has 25 heavy (non-hydrogen) atoms. The summed E-state index contributed by atoms with van der Waals surface area (Å²) in [6.07, 6.45) is 2.71. The number of fused-ring (bicyclic) bond motifs is 1. The van der Waals surface area contributed by atoms with Gasteiger partial charge in [0.2, 0.25) is 11.7 Å². The van der Waals surface area contributed by atoms with E-state index in [-0.39, 0.29) is 24.3 Å². The van der Waals surface area contributed by atoms with E-state index in [2.05, 4.69) is 10.2 Å². The Morgan fingerprint density at radius 3 is 2.64 bits per heavy atom. The van der Waals surface area contributed by atoms with E-state index in [9.17, 15) is 5.21 Å². The molecule has 1 aliphatic carbocycles. The van der Waals surface area contributed by atoms with Gasteiger partial charge in [-0.3, -0.25) is 0 Å². The summed E-state index contributed by atoms with van der Waals surface area (Å²) >= 11 is 6.34. The number of nitrogens with zero attached hydrogens (tertiary/aromatic N) is 3. The van der Waals surface area contributed by atoms with E-state index < -0.39 is 0 Å². The minimum atomic E-state index is -0.118. The number of guanidine groups is 1. The lowest BCUT2D eigenvalue weighted by atomic mass is 9.80. The highest BCUT2D eigenvalue weighted by molar-refractivity contribution is 6.31. The Morgan fingerprint density at radius 2 is 1.96 bits per heavy atom. The highest BCUT2D eigenvalue weighted by Gasteiger charge is 2.32. The van der Waals surface area contributed by atoms with Gasteiger partial charge in [-0.2, -0.15) is 9.83 Å². The van der Waals surface area contributed by atoms with E-state index in [1.54, 1.807) is 6.07 Å². The third kappa shape index (κ3) is 3.86. The molecular formula is C17H19Cl2N5O. The molecule has 0 fully saturated rings. The van der Waals surface area contributed by atoms with Gasteiger partial charge in [0.1, 0.15) is 0 Å². The number of halogens is 2. The molecule has 0 amide bonds. The number of rotatable bonds is 2. The zero-order chi connectivity index (χ0) is 17.3. The number of nitrogens with two attached hydrogens (primary N) is 2. The SMILES string of the molecule is Cc1cc[n+]([O-])c2c1/C(=N\N=C(N)N)CC(c1ccccc1Cl)C2.Cl. The Bertz CT molecular complexity index is 847. The van der Waals surface area contributed by atoms with Crippen LogP contribution in [0.15, 0.2) is 46.7 Å². The van der Waals surface area contributed by atoms with Crippen molar-refractivity contribution >= 4 is 35.7 Å². The summed E-state index contributed by atoms with van der Waals surface area (Å²) in [6, 6.07) is 9.41. The molecule has 1 aromatic heterocycles. The molecule has 132 valence electrons. The summed E-state index contributed by atoms with van der Waals surface area (Å²) in [5, 5.41) is 21.0. The predicted molar refractivity (Wildman–Crippen MR) is 102 cm³/mol. The minimum Gasteiger partial charge on any atom is -0.618 e. The third-order valence-electron chi connectivity index (χ3n) is 4.21. The lowest BCUT2D eigenvalue weighted by Gasteiger charge is -2.26. The summed E-state index contributed by atoms with van der Waals surface area (Å²) < 4.78 is 0.885. The van der Waals surface area contributed by atoms with Crippen molar-refractivity contribution in [3.8, 4) is 0 Å².